The Kier molecular flexibility index (Phi) is 2.69. The zero-order chi connectivity index (χ0) is 12.4. The van der Waals surface area contributed by atoms with Crippen LogP contribution in [0.15, 0.2) is 60.9 Å². The van der Waals surface area contributed by atoms with Crippen molar-refractivity contribution in [3.8, 4) is 16.9 Å². The third-order valence-electron chi connectivity index (χ3n) is 3.08. The lowest BCUT2D eigenvalue weighted by Crippen LogP contribution is -1.85. The average molecular weight is 235 g/mol. The summed E-state index contributed by atoms with van der Waals surface area (Å²) in [6.07, 6.45) is 3.63. The van der Waals surface area contributed by atoms with E-state index in [4.69, 9.17) is 4.74 Å². The first-order valence-electron chi connectivity index (χ1n) is 5.85. The van der Waals surface area contributed by atoms with Crippen LogP contribution in [0.1, 0.15) is 0 Å². The van der Waals surface area contributed by atoms with Gasteiger partial charge >= 0.3 is 0 Å². The van der Waals surface area contributed by atoms with Gasteiger partial charge in [-0.25, -0.2) is 0 Å². The molecule has 18 heavy (non-hydrogen) atoms. The number of pyridine rings is 1. The van der Waals surface area contributed by atoms with Crippen molar-refractivity contribution in [3.63, 3.8) is 0 Å². The first kappa shape index (κ1) is 10.8. The number of rotatable bonds is 2. The van der Waals surface area contributed by atoms with Crippen molar-refractivity contribution in [1.82, 2.24) is 4.98 Å². The average Bonchev–Trinajstić information content (AvgIpc) is 2.47. The second-order valence-electron chi connectivity index (χ2n) is 4.13. The van der Waals surface area contributed by atoms with Gasteiger partial charge in [0.2, 0.25) is 0 Å². The van der Waals surface area contributed by atoms with Crippen molar-refractivity contribution in [2.75, 3.05) is 7.11 Å². The summed E-state index contributed by atoms with van der Waals surface area (Å²) in [6, 6.07) is 16.5. The number of nitrogens with zero attached hydrogens (tertiary/aromatic N) is 1. The molecule has 0 fully saturated rings. The van der Waals surface area contributed by atoms with Gasteiger partial charge in [0.25, 0.3) is 0 Å². The molecule has 0 saturated heterocycles. The lowest BCUT2D eigenvalue weighted by atomic mass is 9.99. The molecule has 0 bridgehead atoms. The van der Waals surface area contributed by atoms with Crippen LogP contribution < -0.4 is 4.74 Å². The van der Waals surface area contributed by atoms with Crippen LogP contribution in [0.4, 0.5) is 0 Å². The number of hydrogen-bond acceptors (Lipinski definition) is 2. The summed E-state index contributed by atoms with van der Waals surface area (Å²) in [7, 11) is 1.69. The summed E-state index contributed by atoms with van der Waals surface area (Å²) in [5.74, 6) is 0.884. The quantitative estimate of drug-likeness (QED) is 0.671. The SMILES string of the molecule is COc1ccc2c(-c3ccncc3)cccc2c1. The van der Waals surface area contributed by atoms with Gasteiger partial charge in [0.15, 0.2) is 0 Å². The van der Waals surface area contributed by atoms with Gasteiger partial charge in [0.05, 0.1) is 7.11 Å². The molecule has 3 rings (SSSR count). The highest BCUT2D eigenvalue weighted by Gasteiger charge is 2.04. The number of aromatic nitrogens is 1. The van der Waals surface area contributed by atoms with Crippen molar-refractivity contribution in [2.45, 2.75) is 0 Å². The summed E-state index contributed by atoms with van der Waals surface area (Å²) in [6.45, 7) is 0. The predicted octanol–water partition coefficient (Wildman–Crippen LogP) is 3.91. The van der Waals surface area contributed by atoms with Gasteiger partial charge in [-0.05, 0) is 46.2 Å². The van der Waals surface area contributed by atoms with Crippen LogP contribution in [0.3, 0.4) is 0 Å². The van der Waals surface area contributed by atoms with Gasteiger partial charge in [-0.1, -0.05) is 24.3 Å². The molecule has 3 aromatic rings. The molecule has 88 valence electrons. The van der Waals surface area contributed by atoms with Gasteiger partial charge < -0.3 is 4.74 Å². The van der Waals surface area contributed by atoms with E-state index in [1.165, 1.54) is 21.9 Å². The molecule has 0 N–H and O–H groups in total. The third-order valence-corrected chi connectivity index (χ3v) is 3.08. The fourth-order valence-electron chi connectivity index (χ4n) is 2.17. The Bertz CT molecular complexity index is 677. The molecule has 2 heteroatoms. The molecule has 0 aliphatic carbocycles. The van der Waals surface area contributed by atoms with E-state index in [1.807, 2.05) is 30.6 Å². The van der Waals surface area contributed by atoms with Crippen molar-refractivity contribution in [1.29, 1.82) is 0 Å². The molecule has 1 aromatic heterocycles. The lowest BCUT2D eigenvalue weighted by molar-refractivity contribution is 0.415. The summed E-state index contributed by atoms with van der Waals surface area (Å²) < 4.78 is 5.26. The highest BCUT2D eigenvalue weighted by molar-refractivity contribution is 5.97. The van der Waals surface area contributed by atoms with Crippen LogP contribution in [-0.2, 0) is 0 Å². The van der Waals surface area contributed by atoms with E-state index in [2.05, 4.69) is 35.3 Å². The van der Waals surface area contributed by atoms with E-state index in [1.54, 1.807) is 7.11 Å². The second kappa shape index (κ2) is 4.49. The van der Waals surface area contributed by atoms with Crippen LogP contribution in [0.25, 0.3) is 21.9 Å². The minimum Gasteiger partial charge on any atom is -0.497 e. The number of benzene rings is 2. The Balaban J connectivity index is 2.25. The topological polar surface area (TPSA) is 22.1 Å². The maximum absolute atomic E-state index is 5.26. The lowest BCUT2D eigenvalue weighted by Gasteiger charge is -2.08. The molecular formula is C16H13NO. The van der Waals surface area contributed by atoms with Crippen LogP contribution >= 0.6 is 0 Å². The van der Waals surface area contributed by atoms with Gasteiger partial charge in [0.1, 0.15) is 5.75 Å². The number of ether oxygens (including phenoxy) is 1. The molecular weight excluding hydrogens is 222 g/mol. The maximum atomic E-state index is 5.26. The highest BCUT2D eigenvalue weighted by atomic mass is 16.5. The minimum absolute atomic E-state index is 0.884. The van der Waals surface area contributed by atoms with E-state index >= 15 is 0 Å². The van der Waals surface area contributed by atoms with Crippen LogP contribution in [0.5, 0.6) is 5.75 Å². The van der Waals surface area contributed by atoms with Crippen molar-refractivity contribution < 1.29 is 4.74 Å². The van der Waals surface area contributed by atoms with Crippen molar-refractivity contribution >= 4 is 10.8 Å². The summed E-state index contributed by atoms with van der Waals surface area (Å²) >= 11 is 0. The van der Waals surface area contributed by atoms with Crippen LogP contribution in [0.2, 0.25) is 0 Å². The molecule has 0 saturated carbocycles. The largest absolute Gasteiger partial charge is 0.497 e. The molecule has 0 aliphatic heterocycles. The van der Waals surface area contributed by atoms with E-state index in [-0.39, 0.29) is 0 Å². The molecule has 0 aliphatic rings. The first-order valence-corrected chi connectivity index (χ1v) is 5.85. The summed E-state index contributed by atoms with van der Waals surface area (Å²) in [5.41, 5.74) is 2.40. The molecule has 0 atom stereocenters. The van der Waals surface area contributed by atoms with Gasteiger partial charge in [-0.3, -0.25) is 4.98 Å². The second-order valence-corrected chi connectivity index (χ2v) is 4.13. The molecule has 2 aromatic carbocycles. The molecule has 0 spiro atoms. The standard InChI is InChI=1S/C16H13NO/c1-18-14-5-6-16-13(11-14)3-2-4-15(16)12-7-9-17-10-8-12/h2-11H,1H3. The molecule has 2 nitrogen and oxygen atoms in total. The van der Waals surface area contributed by atoms with Crippen molar-refractivity contribution in [2.24, 2.45) is 0 Å². The monoisotopic (exact) mass is 235 g/mol. The zero-order valence-electron chi connectivity index (χ0n) is 10.1. The van der Waals surface area contributed by atoms with Gasteiger partial charge in [0, 0.05) is 12.4 Å². The zero-order valence-corrected chi connectivity index (χ0v) is 10.1. The van der Waals surface area contributed by atoms with Gasteiger partial charge in [-0.15, -0.1) is 0 Å². The van der Waals surface area contributed by atoms with Crippen LogP contribution in [-0.4, -0.2) is 12.1 Å². The Hall–Kier alpha value is -2.35. The smallest absolute Gasteiger partial charge is 0.119 e. The normalized spacial score (nSPS) is 10.5. The number of methoxy groups -OCH3 is 1. The van der Waals surface area contributed by atoms with E-state index in [9.17, 15) is 0 Å². The van der Waals surface area contributed by atoms with E-state index in [0.717, 1.165) is 5.75 Å². The van der Waals surface area contributed by atoms with E-state index in [0.29, 0.717) is 0 Å². The Morgan fingerprint density at radius 2 is 1.78 bits per heavy atom. The molecule has 1 heterocycles. The van der Waals surface area contributed by atoms with Crippen LogP contribution in [0, 0.1) is 0 Å². The minimum atomic E-state index is 0.884. The molecule has 0 amide bonds. The van der Waals surface area contributed by atoms with E-state index < -0.39 is 0 Å². The fourth-order valence-corrected chi connectivity index (χ4v) is 2.17. The third kappa shape index (κ3) is 1.82. The highest BCUT2D eigenvalue weighted by Crippen LogP contribution is 2.30. The summed E-state index contributed by atoms with van der Waals surface area (Å²) in [5, 5.41) is 2.41. The van der Waals surface area contributed by atoms with Crippen molar-refractivity contribution in [3.05, 3.63) is 60.9 Å². The Morgan fingerprint density at radius 1 is 0.944 bits per heavy atom. The fraction of sp³-hybridized carbons (Fsp3) is 0.0625. The molecule has 0 radical (unpaired) electrons. The molecule has 0 unspecified atom stereocenters. The van der Waals surface area contributed by atoms with Gasteiger partial charge in [-0.2, -0.15) is 0 Å². The first-order chi connectivity index (χ1) is 8.88. The number of hydrogen-bond donors (Lipinski definition) is 0. The number of fused-ring (bicyclic) bond motifs is 1. The predicted molar refractivity (Wildman–Crippen MR) is 73.7 cm³/mol. The Labute approximate surface area is 106 Å². The summed E-state index contributed by atoms with van der Waals surface area (Å²) in [4.78, 5) is 4.06. The maximum Gasteiger partial charge on any atom is 0.119 e. The Morgan fingerprint density at radius 3 is 2.56 bits per heavy atom.